The number of benzene rings is 1. The normalized spacial score (nSPS) is 18.7. The van der Waals surface area contributed by atoms with Gasteiger partial charge in [0.2, 0.25) is 0 Å². The van der Waals surface area contributed by atoms with Crippen LogP contribution >= 0.6 is 0 Å². The summed E-state index contributed by atoms with van der Waals surface area (Å²) < 4.78 is 25.1. The van der Waals surface area contributed by atoms with Crippen molar-refractivity contribution in [2.24, 2.45) is 5.92 Å². The number of rotatable bonds is 3. The van der Waals surface area contributed by atoms with E-state index >= 15 is 0 Å². The summed E-state index contributed by atoms with van der Waals surface area (Å²) in [5.41, 5.74) is 1.02. The van der Waals surface area contributed by atoms with E-state index in [9.17, 15) is 8.42 Å². The van der Waals surface area contributed by atoms with Gasteiger partial charge in [0.25, 0.3) is 9.84 Å². The Morgan fingerprint density at radius 3 is 2.26 bits per heavy atom. The molecule has 1 fully saturated rings. The fourth-order valence-corrected chi connectivity index (χ4v) is 4.43. The van der Waals surface area contributed by atoms with Gasteiger partial charge in [-0.05, 0) is 31.9 Å². The molecule has 1 aromatic carbocycles. The summed E-state index contributed by atoms with van der Waals surface area (Å²) in [6.45, 7) is 9.21. The lowest BCUT2D eigenvalue weighted by molar-refractivity contribution is 0.359. The lowest BCUT2D eigenvalue weighted by atomic mass is 9.89. The quantitative estimate of drug-likeness (QED) is 0.792. The standard InChI is InChI=1S/C15H19NO2S/c1-12-8-10-14(11-9-12)19(17,18)15(16-2)13-6-4-3-5-7-13/h8-11,13,15H,3-7H2,1H3/t15-/m0/s1. The van der Waals surface area contributed by atoms with Crippen molar-refractivity contribution in [3.05, 3.63) is 41.2 Å². The van der Waals surface area contributed by atoms with Crippen LogP contribution in [0.5, 0.6) is 0 Å². The number of nitrogens with zero attached hydrogens (tertiary/aromatic N) is 1. The molecule has 0 aromatic heterocycles. The van der Waals surface area contributed by atoms with Crippen molar-refractivity contribution < 1.29 is 8.42 Å². The molecular weight excluding hydrogens is 258 g/mol. The second-order valence-electron chi connectivity index (χ2n) is 5.28. The molecule has 102 valence electrons. The van der Waals surface area contributed by atoms with Crippen molar-refractivity contribution in [3.8, 4) is 0 Å². The third-order valence-corrected chi connectivity index (χ3v) is 5.90. The largest absolute Gasteiger partial charge is 0.327 e. The van der Waals surface area contributed by atoms with E-state index in [1.165, 1.54) is 0 Å². The highest BCUT2D eigenvalue weighted by molar-refractivity contribution is 7.92. The zero-order valence-corrected chi connectivity index (χ0v) is 12.0. The molecule has 0 radical (unpaired) electrons. The average molecular weight is 277 g/mol. The Morgan fingerprint density at radius 2 is 1.74 bits per heavy atom. The van der Waals surface area contributed by atoms with Crippen LogP contribution in [0.25, 0.3) is 4.85 Å². The van der Waals surface area contributed by atoms with Gasteiger partial charge in [-0.3, -0.25) is 4.85 Å². The summed E-state index contributed by atoms with van der Waals surface area (Å²) in [6, 6.07) is 6.81. The van der Waals surface area contributed by atoms with Crippen LogP contribution in [0.4, 0.5) is 0 Å². The van der Waals surface area contributed by atoms with E-state index in [1.807, 2.05) is 6.92 Å². The van der Waals surface area contributed by atoms with Gasteiger partial charge in [0.1, 0.15) is 0 Å². The highest BCUT2D eigenvalue weighted by atomic mass is 32.2. The van der Waals surface area contributed by atoms with Gasteiger partial charge in [-0.15, -0.1) is 0 Å². The van der Waals surface area contributed by atoms with Crippen molar-refractivity contribution in [1.82, 2.24) is 0 Å². The Labute approximate surface area is 115 Å². The molecule has 0 spiro atoms. The molecule has 4 heteroatoms. The molecule has 1 saturated carbocycles. The van der Waals surface area contributed by atoms with Crippen LogP contribution in [0.15, 0.2) is 29.2 Å². The second kappa shape index (κ2) is 5.75. The topological polar surface area (TPSA) is 38.5 Å². The number of hydrogen-bond acceptors (Lipinski definition) is 2. The van der Waals surface area contributed by atoms with Crippen LogP contribution in [-0.2, 0) is 9.84 Å². The third kappa shape index (κ3) is 2.98. The molecule has 1 aliphatic carbocycles. The molecule has 3 nitrogen and oxygen atoms in total. The van der Waals surface area contributed by atoms with E-state index in [0.717, 1.165) is 37.7 Å². The predicted octanol–water partition coefficient (Wildman–Crippen LogP) is 3.59. The minimum absolute atomic E-state index is 0.00227. The van der Waals surface area contributed by atoms with Gasteiger partial charge in [-0.1, -0.05) is 37.0 Å². The summed E-state index contributed by atoms with van der Waals surface area (Å²) in [5.74, 6) is -0.00227. The molecule has 0 amide bonds. The van der Waals surface area contributed by atoms with Crippen molar-refractivity contribution in [2.75, 3.05) is 0 Å². The van der Waals surface area contributed by atoms with E-state index in [-0.39, 0.29) is 10.8 Å². The van der Waals surface area contributed by atoms with Crippen LogP contribution in [0.1, 0.15) is 37.7 Å². The Hall–Kier alpha value is -1.34. The smallest absolute Gasteiger partial charge is 0.296 e. The van der Waals surface area contributed by atoms with E-state index in [2.05, 4.69) is 4.85 Å². The Bertz CT molecular complexity index is 563. The van der Waals surface area contributed by atoms with Crippen LogP contribution in [0, 0.1) is 19.4 Å². The Kier molecular flexibility index (Phi) is 4.26. The monoisotopic (exact) mass is 277 g/mol. The van der Waals surface area contributed by atoms with Crippen molar-refractivity contribution >= 4 is 9.84 Å². The summed E-state index contributed by atoms with van der Waals surface area (Å²) in [4.78, 5) is 3.73. The minimum Gasteiger partial charge on any atom is -0.296 e. The summed E-state index contributed by atoms with van der Waals surface area (Å²) in [6.07, 6.45) is 4.96. The summed E-state index contributed by atoms with van der Waals surface area (Å²) in [7, 11) is -3.52. The van der Waals surface area contributed by atoms with Crippen LogP contribution in [-0.4, -0.2) is 13.8 Å². The number of hydrogen-bond donors (Lipinski definition) is 0. The molecule has 0 bridgehead atoms. The van der Waals surface area contributed by atoms with Gasteiger partial charge in [-0.2, -0.15) is 0 Å². The molecule has 0 unspecified atom stereocenters. The number of sulfone groups is 1. The predicted molar refractivity (Wildman–Crippen MR) is 75.3 cm³/mol. The van der Waals surface area contributed by atoms with Crippen molar-refractivity contribution in [2.45, 2.75) is 49.3 Å². The van der Waals surface area contributed by atoms with Gasteiger partial charge >= 0.3 is 5.37 Å². The van der Waals surface area contributed by atoms with E-state index in [0.29, 0.717) is 0 Å². The van der Waals surface area contributed by atoms with Gasteiger partial charge in [0.15, 0.2) is 0 Å². The second-order valence-corrected chi connectivity index (χ2v) is 7.32. The first-order valence-corrected chi connectivity index (χ1v) is 8.27. The molecule has 19 heavy (non-hydrogen) atoms. The highest BCUT2D eigenvalue weighted by Crippen LogP contribution is 2.33. The molecule has 0 N–H and O–H groups in total. The first kappa shape index (κ1) is 14.1. The van der Waals surface area contributed by atoms with Crippen LogP contribution < -0.4 is 0 Å². The maximum atomic E-state index is 12.6. The van der Waals surface area contributed by atoms with Crippen LogP contribution in [0.3, 0.4) is 0 Å². The molecule has 0 saturated heterocycles. The summed E-state index contributed by atoms with van der Waals surface area (Å²) in [5, 5.41) is -0.907. The molecule has 1 aliphatic rings. The maximum Gasteiger partial charge on any atom is 0.327 e. The molecule has 0 heterocycles. The number of aryl methyl sites for hydroxylation is 1. The Morgan fingerprint density at radius 1 is 1.16 bits per heavy atom. The fourth-order valence-electron chi connectivity index (χ4n) is 2.71. The van der Waals surface area contributed by atoms with Crippen molar-refractivity contribution in [1.29, 1.82) is 0 Å². The van der Waals surface area contributed by atoms with Gasteiger partial charge < -0.3 is 0 Å². The van der Waals surface area contributed by atoms with Gasteiger partial charge in [0.05, 0.1) is 4.90 Å². The van der Waals surface area contributed by atoms with E-state index in [4.69, 9.17) is 6.57 Å². The zero-order chi connectivity index (χ0) is 13.9. The van der Waals surface area contributed by atoms with Gasteiger partial charge in [0, 0.05) is 5.92 Å². The van der Waals surface area contributed by atoms with Gasteiger partial charge in [-0.25, -0.2) is 15.0 Å². The Balaban J connectivity index is 2.30. The highest BCUT2D eigenvalue weighted by Gasteiger charge is 2.40. The molecule has 0 aliphatic heterocycles. The summed E-state index contributed by atoms with van der Waals surface area (Å²) >= 11 is 0. The molecular formula is C15H19NO2S. The molecule has 2 rings (SSSR count). The van der Waals surface area contributed by atoms with E-state index in [1.54, 1.807) is 24.3 Å². The minimum atomic E-state index is -3.52. The first-order valence-electron chi connectivity index (χ1n) is 6.73. The zero-order valence-electron chi connectivity index (χ0n) is 11.2. The molecule has 1 atom stereocenters. The lowest BCUT2D eigenvalue weighted by Gasteiger charge is -2.22. The fraction of sp³-hybridized carbons (Fsp3) is 0.533. The van der Waals surface area contributed by atoms with Crippen LogP contribution in [0.2, 0.25) is 0 Å². The average Bonchev–Trinajstić information content (AvgIpc) is 2.41. The van der Waals surface area contributed by atoms with Crippen molar-refractivity contribution in [3.63, 3.8) is 0 Å². The van der Waals surface area contributed by atoms with E-state index < -0.39 is 15.2 Å². The lowest BCUT2D eigenvalue weighted by Crippen LogP contribution is -2.28. The third-order valence-electron chi connectivity index (χ3n) is 3.85. The molecule has 1 aromatic rings. The maximum absolute atomic E-state index is 12.6. The first-order chi connectivity index (χ1) is 9.05. The SMILES string of the molecule is [C-]#[N+][C@H](C1CCCCC1)S(=O)(=O)c1ccc(C)cc1.